The van der Waals surface area contributed by atoms with Crippen LogP contribution in [0.1, 0.15) is 18.4 Å². The maximum absolute atomic E-state index is 12.9. The van der Waals surface area contributed by atoms with Crippen molar-refractivity contribution < 1.29 is 17.9 Å². The van der Waals surface area contributed by atoms with Crippen LogP contribution in [0.4, 0.5) is 18.9 Å². The van der Waals surface area contributed by atoms with Gasteiger partial charge >= 0.3 is 6.18 Å². The van der Waals surface area contributed by atoms with Gasteiger partial charge in [-0.05, 0) is 26.0 Å². The number of halogens is 3. The Morgan fingerprint density at radius 2 is 2.00 bits per heavy atom. The summed E-state index contributed by atoms with van der Waals surface area (Å²) in [4.78, 5) is 5.79. The van der Waals surface area contributed by atoms with Crippen LogP contribution in [-0.2, 0) is 6.18 Å². The standard InChI is InChI=1S/C12H16F3N3O/c1-18-4-2-9(3-5-18)19-11-10(12(13,14)15)6-8(16)7-17-11/h6-7,9H,2-5,16H2,1H3. The number of nitrogens with zero attached hydrogens (tertiary/aromatic N) is 2. The number of hydrogen-bond donors (Lipinski definition) is 1. The van der Waals surface area contributed by atoms with Crippen molar-refractivity contribution in [1.29, 1.82) is 0 Å². The zero-order chi connectivity index (χ0) is 14.0. The maximum atomic E-state index is 12.9. The quantitative estimate of drug-likeness (QED) is 0.898. The van der Waals surface area contributed by atoms with Crippen molar-refractivity contribution in [1.82, 2.24) is 9.88 Å². The third-order valence-corrected chi connectivity index (χ3v) is 3.12. The lowest BCUT2D eigenvalue weighted by Gasteiger charge is -2.29. The van der Waals surface area contributed by atoms with E-state index >= 15 is 0 Å². The van der Waals surface area contributed by atoms with E-state index < -0.39 is 11.7 Å². The Bertz CT molecular complexity index is 442. The molecule has 0 spiro atoms. The highest BCUT2D eigenvalue weighted by molar-refractivity contribution is 5.43. The van der Waals surface area contributed by atoms with Crippen molar-refractivity contribution in [3.05, 3.63) is 17.8 Å². The molecule has 1 saturated heterocycles. The number of anilines is 1. The molecule has 1 aliphatic rings. The summed E-state index contributed by atoms with van der Waals surface area (Å²) < 4.78 is 44.0. The van der Waals surface area contributed by atoms with E-state index in [-0.39, 0.29) is 17.7 Å². The summed E-state index contributed by atoms with van der Waals surface area (Å²) in [6, 6.07) is 0.858. The van der Waals surface area contributed by atoms with Crippen molar-refractivity contribution in [2.24, 2.45) is 0 Å². The fourth-order valence-corrected chi connectivity index (χ4v) is 2.03. The summed E-state index contributed by atoms with van der Waals surface area (Å²) in [7, 11) is 1.97. The third kappa shape index (κ3) is 3.50. The Kier molecular flexibility index (Phi) is 3.84. The third-order valence-electron chi connectivity index (χ3n) is 3.12. The molecule has 106 valence electrons. The number of pyridine rings is 1. The minimum atomic E-state index is -4.51. The summed E-state index contributed by atoms with van der Waals surface area (Å²) in [6.45, 7) is 1.61. The molecule has 0 bridgehead atoms. The van der Waals surface area contributed by atoms with Gasteiger partial charge in [0.15, 0.2) is 0 Å². The van der Waals surface area contributed by atoms with E-state index in [1.807, 2.05) is 7.05 Å². The molecule has 2 heterocycles. The SMILES string of the molecule is CN1CCC(Oc2ncc(N)cc2C(F)(F)F)CC1. The predicted molar refractivity (Wildman–Crippen MR) is 64.8 cm³/mol. The summed E-state index contributed by atoms with van der Waals surface area (Å²) in [5.41, 5.74) is 4.42. The first-order valence-corrected chi connectivity index (χ1v) is 6.04. The Hall–Kier alpha value is -1.50. The van der Waals surface area contributed by atoms with Gasteiger partial charge < -0.3 is 15.4 Å². The average molecular weight is 275 g/mol. The fourth-order valence-electron chi connectivity index (χ4n) is 2.03. The average Bonchev–Trinajstić information content (AvgIpc) is 2.33. The van der Waals surface area contributed by atoms with Crippen molar-refractivity contribution >= 4 is 5.69 Å². The minimum absolute atomic E-state index is 0.0250. The van der Waals surface area contributed by atoms with Crippen LogP contribution in [-0.4, -0.2) is 36.1 Å². The van der Waals surface area contributed by atoms with Gasteiger partial charge in [-0.1, -0.05) is 0 Å². The number of aromatic nitrogens is 1. The fraction of sp³-hybridized carbons (Fsp3) is 0.583. The summed E-state index contributed by atoms with van der Waals surface area (Å²) in [5.74, 6) is -0.378. The van der Waals surface area contributed by atoms with Gasteiger partial charge in [-0.3, -0.25) is 0 Å². The number of nitrogens with two attached hydrogens (primary N) is 1. The van der Waals surface area contributed by atoms with Crippen LogP contribution >= 0.6 is 0 Å². The van der Waals surface area contributed by atoms with E-state index in [0.29, 0.717) is 12.8 Å². The molecular weight excluding hydrogens is 259 g/mol. The Morgan fingerprint density at radius 3 is 2.58 bits per heavy atom. The molecule has 0 aliphatic carbocycles. The van der Waals surface area contributed by atoms with E-state index in [1.54, 1.807) is 0 Å². The Balaban J connectivity index is 2.16. The van der Waals surface area contributed by atoms with Gasteiger partial charge in [-0.25, -0.2) is 4.98 Å². The van der Waals surface area contributed by atoms with Crippen LogP contribution in [0.2, 0.25) is 0 Å². The predicted octanol–water partition coefficient (Wildman–Crippen LogP) is 2.16. The van der Waals surface area contributed by atoms with Gasteiger partial charge in [0.05, 0.1) is 11.9 Å². The zero-order valence-corrected chi connectivity index (χ0v) is 10.6. The number of nitrogen functional groups attached to an aromatic ring is 1. The second-order valence-corrected chi connectivity index (χ2v) is 4.74. The molecule has 2 N–H and O–H groups in total. The molecular formula is C12H16F3N3O. The van der Waals surface area contributed by atoms with Crippen LogP contribution in [0, 0.1) is 0 Å². The number of likely N-dealkylation sites (tertiary alicyclic amines) is 1. The highest BCUT2D eigenvalue weighted by Crippen LogP contribution is 2.36. The number of piperidine rings is 1. The first-order valence-electron chi connectivity index (χ1n) is 6.04. The molecule has 0 unspecified atom stereocenters. The molecule has 4 nitrogen and oxygen atoms in total. The monoisotopic (exact) mass is 275 g/mol. The van der Waals surface area contributed by atoms with Crippen molar-refractivity contribution in [3.8, 4) is 5.88 Å². The number of rotatable bonds is 2. The summed E-state index contributed by atoms with van der Waals surface area (Å²) in [6.07, 6.45) is -2.17. The van der Waals surface area contributed by atoms with E-state index in [0.717, 1.165) is 19.2 Å². The van der Waals surface area contributed by atoms with Gasteiger partial charge in [0.2, 0.25) is 5.88 Å². The van der Waals surface area contributed by atoms with Crippen LogP contribution in [0.15, 0.2) is 12.3 Å². The first-order chi connectivity index (χ1) is 8.86. The topological polar surface area (TPSA) is 51.4 Å². The Morgan fingerprint density at radius 1 is 1.37 bits per heavy atom. The van der Waals surface area contributed by atoms with E-state index in [4.69, 9.17) is 10.5 Å². The van der Waals surface area contributed by atoms with E-state index in [2.05, 4.69) is 9.88 Å². The lowest BCUT2D eigenvalue weighted by atomic mass is 10.1. The lowest BCUT2D eigenvalue weighted by Crippen LogP contribution is -2.36. The zero-order valence-electron chi connectivity index (χ0n) is 10.6. The molecule has 1 aromatic heterocycles. The lowest BCUT2D eigenvalue weighted by molar-refractivity contribution is -0.139. The van der Waals surface area contributed by atoms with Crippen LogP contribution in [0.5, 0.6) is 5.88 Å². The second-order valence-electron chi connectivity index (χ2n) is 4.74. The highest BCUT2D eigenvalue weighted by Gasteiger charge is 2.36. The van der Waals surface area contributed by atoms with Gasteiger partial charge in [-0.15, -0.1) is 0 Å². The van der Waals surface area contributed by atoms with Gasteiger partial charge in [-0.2, -0.15) is 13.2 Å². The molecule has 1 aliphatic heterocycles. The van der Waals surface area contributed by atoms with Gasteiger partial charge in [0.25, 0.3) is 0 Å². The Labute approximate surface area is 109 Å². The molecule has 1 fully saturated rings. The molecule has 0 amide bonds. The first kappa shape index (κ1) is 13.9. The van der Waals surface area contributed by atoms with Crippen molar-refractivity contribution in [2.45, 2.75) is 25.1 Å². The normalized spacial score (nSPS) is 18.5. The van der Waals surface area contributed by atoms with Crippen LogP contribution in [0.25, 0.3) is 0 Å². The highest BCUT2D eigenvalue weighted by atomic mass is 19.4. The van der Waals surface area contributed by atoms with E-state index in [9.17, 15) is 13.2 Å². The maximum Gasteiger partial charge on any atom is 0.421 e. The van der Waals surface area contributed by atoms with Crippen molar-refractivity contribution in [3.63, 3.8) is 0 Å². The molecule has 0 aromatic carbocycles. The second kappa shape index (κ2) is 5.24. The molecule has 7 heteroatoms. The molecule has 0 atom stereocenters. The molecule has 1 aromatic rings. The number of alkyl halides is 3. The molecule has 19 heavy (non-hydrogen) atoms. The minimum Gasteiger partial charge on any atom is -0.474 e. The largest absolute Gasteiger partial charge is 0.474 e. The van der Waals surface area contributed by atoms with E-state index in [1.165, 1.54) is 6.20 Å². The molecule has 0 radical (unpaired) electrons. The summed E-state index contributed by atoms with van der Waals surface area (Å²) in [5, 5.41) is 0. The van der Waals surface area contributed by atoms with Gasteiger partial charge in [0.1, 0.15) is 11.7 Å². The molecule has 0 saturated carbocycles. The van der Waals surface area contributed by atoms with Gasteiger partial charge in [0, 0.05) is 13.1 Å². The number of hydrogen-bond acceptors (Lipinski definition) is 4. The number of ether oxygens (including phenoxy) is 1. The van der Waals surface area contributed by atoms with Crippen molar-refractivity contribution in [2.75, 3.05) is 25.9 Å². The van der Waals surface area contributed by atoms with Crippen LogP contribution < -0.4 is 10.5 Å². The summed E-state index contributed by atoms with van der Waals surface area (Å²) >= 11 is 0. The molecule has 2 rings (SSSR count). The smallest absolute Gasteiger partial charge is 0.421 e. The van der Waals surface area contributed by atoms with Crippen LogP contribution in [0.3, 0.4) is 0 Å².